The molecule has 3 saturated heterocycles. The van der Waals surface area contributed by atoms with E-state index >= 15 is 0 Å². The van der Waals surface area contributed by atoms with Gasteiger partial charge in [-0.25, -0.2) is 4.98 Å². The van der Waals surface area contributed by atoms with Crippen molar-refractivity contribution >= 4 is 22.9 Å². The van der Waals surface area contributed by atoms with Crippen molar-refractivity contribution in [2.45, 2.75) is 38.0 Å². The summed E-state index contributed by atoms with van der Waals surface area (Å²) in [5.41, 5.74) is 1.36. The van der Waals surface area contributed by atoms with Crippen LogP contribution >= 0.6 is 11.3 Å². The summed E-state index contributed by atoms with van der Waals surface area (Å²) in [5.74, 6) is 0.692. The number of halogens is 3. The normalized spacial score (nSPS) is 24.1. The number of thiazole rings is 1. The van der Waals surface area contributed by atoms with Crippen LogP contribution in [0.3, 0.4) is 0 Å². The molecule has 1 amide bonds. The Balaban J connectivity index is 1.39. The summed E-state index contributed by atoms with van der Waals surface area (Å²) in [5, 5.41) is -0.919. The van der Waals surface area contributed by atoms with Gasteiger partial charge in [0.2, 0.25) is 10.1 Å². The van der Waals surface area contributed by atoms with Gasteiger partial charge in [0.1, 0.15) is 5.75 Å². The summed E-state index contributed by atoms with van der Waals surface area (Å²) < 4.78 is 43.9. The van der Waals surface area contributed by atoms with Crippen LogP contribution in [-0.4, -0.2) is 41.0 Å². The second-order valence-electron chi connectivity index (χ2n) is 8.72. The third-order valence-corrected chi connectivity index (χ3v) is 7.65. The van der Waals surface area contributed by atoms with Crippen LogP contribution in [0, 0.1) is 5.92 Å². The number of anilines is 1. The van der Waals surface area contributed by atoms with Crippen molar-refractivity contribution in [3.63, 3.8) is 0 Å². The number of benzene rings is 2. The van der Waals surface area contributed by atoms with E-state index in [2.05, 4.69) is 16.8 Å². The highest BCUT2D eigenvalue weighted by atomic mass is 32.1. The highest BCUT2D eigenvalue weighted by Gasteiger charge is 2.45. The number of hydrogen-bond donors (Lipinski definition) is 0. The van der Waals surface area contributed by atoms with Crippen LogP contribution in [0.1, 0.15) is 35.1 Å². The van der Waals surface area contributed by atoms with Crippen molar-refractivity contribution in [3.05, 3.63) is 71.4 Å². The lowest BCUT2D eigenvalue weighted by Crippen LogP contribution is -2.63. The lowest BCUT2D eigenvalue weighted by molar-refractivity contribution is -0.137. The smallest absolute Gasteiger partial charge is 0.443 e. The number of amides is 1. The summed E-state index contributed by atoms with van der Waals surface area (Å²) in [6.45, 7) is 4.33. The zero-order valence-corrected chi connectivity index (χ0v) is 19.4. The number of rotatable bonds is 5. The molecular weight excluding hydrogens is 463 g/mol. The fraction of sp³-hybridized carbons (Fsp3) is 0.360. The molecule has 6 rings (SSSR count). The largest absolute Gasteiger partial charge is 0.445 e. The van der Waals surface area contributed by atoms with E-state index < -0.39 is 11.2 Å². The van der Waals surface area contributed by atoms with Gasteiger partial charge in [-0.3, -0.25) is 9.69 Å². The van der Waals surface area contributed by atoms with Crippen molar-refractivity contribution in [1.29, 1.82) is 0 Å². The van der Waals surface area contributed by atoms with E-state index in [9.17, 15) is 18.0 Å². The summed E-state index contributed by atoms with van der Waals surface area (Å²) >= 11 is 0.435. The molecule has 2 bridgehead atoms. The second-order valence-corrected chi connectivity index (χ2v) is 9.72. The van der Waals surface area contributed by atoms with Crippen molar-refractivity contribution < 1.29 is 22.7 Å². The van der Waals surface area contributed by atoms with Gasteiger partial charge in [-0.2, -0.15) is 13.2 Å². The minimum atomic E-state index is -4.50. The van der Waals surface area contributed by atoms with Crippen LogP contribution in [0.2, 0.25) is 0 Å². The molecule has 5 nitrogen and oxygen atoms in total. The predicted molar refractivity (Wildman–Crippen MR) is 124 cm³/mol. The molecule has 0 radical (unpaired) electrons. The number of hydrogen-bond acceptors (Lipinski definition) is 5. The third kappa shape index (κ3) is 4.42. The van der Waals surface area contributed by atoms with E-state index in [1.807, 2.05) is 35.2 Å². The molecule has 0 saturated carbocycles. The maximum absolute atomic E-state index is 13.8. The zero-order chi connectivity index (χ0) is 23.9. The number of aromatic nitrogens is 1. The highest BCUT2D eigenvalue weighted by Crippen LogP contribution is 2.39. The van der Waals surface area contributed by atoms with E-state index in [0.717, 1.165) is 37.8 Å². The van der Waals surface area contributed by atoms with E-state index in [0.29, 0.717) is 28.6 Å². The Hall–Kier alpha value is -2.91. The molecule has 3 fully saturated rings. The number of carbonyl (C=O) groups excluding carboxylic acids is 1. The molecular formula is C25H24F3N3O2S. The van der Waals surface area contributed by atoms with Crippen LogP contribution in [0.4, 0.5) is 18.9 Å². The highest BCUT2D eigenvalue weighted by molar-refractivity contribution is 7.13. The number of carbonyl (C=O) groups is 1. The van der Waals surface area contributed by atoms with Crippen LogP contribution in [0.25, 0.3) is 0 Å². The minimum Gasteiger partial charge on any atom is -0.445 e. The molecule has 2 atom stereocenters. The van der Waals surface area contributed by atoms with Gasteiger partial charge >= 0.3 is 6.18 Å². The molecule has 3 aliphatic rings. The Labute approximate surface area is 199 Å². The molecule has 2 aromatic carbocycles. The third-order valence-electron chi connectivity index (χ3n) is 6.73. The first-order chi connectivity index (χ1) is 16.3. The van der Waals surface area contributed by atoms with Crippen LogP contribution < -0.4 is 9.64 Å². The van der Waals surface area contributed by atoms with E-state index in [4.69, 9.17) is 4.74 Å². The minimum absolute atomic E-state index is 0.0402. The number of fused-ring (bicyclic) bond motifs is 3. The lowest BCUT2D eigenvalue weighted by atomic mass is 9.78. The average molecular weight is 488 g/mol. The maximum atomic E-state index is 13.8. The molecule has 178 valence electrons. The van der Waals surface area contributed by atoms with Crippen LogP contribution in [0.5, 0.6) is 10.8 Å². The number of ether oxygens (including phenoxy) is 1. The molecule has 0 N–H and O–H groups in total. The molecule has 3 aliphatic heterocycles. The SMILES string of the molecule is C[C@H]1[C@H](N(C(=O)c2ccc(Oc3cnc(C(F)(F)F)s3)cc2)c2ccccc2)C2CCN1CC2. The molecule has 3 aromatic rings. The van der Waals surface area contributed by atoms with Gasteiger partial charge in [-0.1, -0.05) is 29.5 Å². The first-order valence-electron chi connectivity index (χ1n) is 11.2. The van der Waals surface area contributed by atoms with E-state index in [1.54, 1.807) is 24.3 Å². The Kier molecular flexibility index (Phi) is 6.07. The van der Waals surface area contributed by atoms with Gasteiger partial charge < -0.3 is 9.64 Å². The summed E-state index contributed by atoms with van der Waals surface area (Å²) in [7, 11) is 0. The molecule has 0 unspecified atom stereocenters. The second kappa shape index (κ2) is 9.03. The molecule has 0 aliphatic carbocycles. The first kappa shape index (κ1) is 22.9. The van der Waals surface area contributed by atoms with Gasteiger partial charge in [0.25, 0.3) is 5.91 Å². The first-order valence-corrected chi connectivity index (χ1v) is 12.1. The Morgan fingerprint density at radius 2 is 1.76 bits per heavy atom. The summed E-state index contributed by atoms with van der Waals surface area (Å²) in [6, 6.07) is 16.6. The van der Waals surface area contributed by atoms with E-state index in [-0.39, 0.29) is 23.1 Å². The lowest BCUT2D eigenvalue weighted by Gasteiger charge is -2.53. The Morgan fingerprint density at radius 3 is 2.35 bits per heavy atom. The Bertz CT molecular complexity index is 1140. The number of alkyl halides is 3. The van der Waals surface area contributed by atoms with Gasteiger partial charge in [0, 0.05) is 17.3 Å². The number of piperidine rings is 3. The number of nitrogens with zero attached hydrogens (tertiary/aromatic N) is 3. The monoisotopic (exact) mass is 487 g/mol. The fourth-order valence-electron chi connectivity index (χ4n) is 5.08. The quantitative estimate of drug-likeness (QED) is 0.437. The van der Waals surface area contributed by atoms with Gasteiger partial charge in [0.15, 0.2) is 0 Å². The summed E-state index contributed by atoms with van der Waals surface area (Å²) in [6.07, 6.45) is -1.30. The molecule has 9 heteroatoms. The van der Waals surface area contributed by atoms with Gasteiger partial charge in [-0.15, -0.1) is 0 Å². The number of para-hydroxylation sites is 1. The molecule has 4 heterocycles. The van der Waals surface area contributed by atoms with E-state index in [1.165, 1.54) is 0 Å². The topological polar surface area (TPSA) is 45.7 Å². The predicted octanol–water partition coefficient (Wildman–Crippen LogP) is 6.08. The standard InChI is InChI=1S/C25H24F3N3O2S/c1-16-22(17-11-13-30(16)14-12-17)31(19-5-3-2-4-6-19)23(32)18-7-9-20(10-8-18)33-21-15-29-24(34-21)25(26,27)28/h2-10,15-17,22H,11-14H2,1H3/t16-,22-/m0/s1. The van der Waals surface area contributed by atoms with Crippen molar-refractivity contribution in [1.82, 2.24) is 9.88 Å². The fourth-order valence-corrected chi connectivity index (χ4v) is 5.73. The van der Waals surface area contributed by atoms with Crippen molar-refractivity contribution in [3.8, 4) is 10.8 Å². The molecule has 34 heavy (non-hydrogen) atoms. The van der Waals surface area contributed by atoms with Crippen LogP contribution in [-0.2, 0) is 6.18 Å². The van der Waals surface area contributed by atoms with Crippen LogP contribution in [0.15, 0.2) is 60.8 Å². The van der Waals surface area contributed by atoms with Gasteiger partial charge in [0.05, 0.1) is 12.2 Å². The van der Waals surface area contributed by atoms with Gasteiger partial charge in [-0.05, 0) is 75.2 Å². The van der Waals surface area contributed by atoms with Crippen molar-refractivity contribution in [2.75, 3.05) is 18.0 Å². The Morgan fingerprint density at radius 1 is 1.09 bits per heavy atom. The molecule has 1 aromatic heterocycles. The summed E-state index contributed by atoms with van der Waals surface area (Å²) in [4.78, 5) is 21.5. The maximum Gasteiger partial charge on any atom is 0.443 e. The molecule has 0 spiro atoms. The van der Waals surface area contributed by atoms with Crippen molar-refractivity contribution in [2.24, 2.45) is 5.92 Å². The zero-order valence-electron chi connectivity index (χ0n) is 18.5. The average Bonchev–Trinajstić information content (AvgIpc) is 3.32.